The molecular weight excluding hydrogens is 316 g/mol. The molecule has 0 aliphatic carbocycles. The summed E-state index contributed by atoms with van der Waals surface area (Å²) in [5.41, 5.74) is 7.12. The Bertz CT molecular complexity index is 615. The third-order valence-electron chi connectivity index (χ3n) is 3.61. The quantitative estimate of drug-likeness (QED) is 0.879. The number of carbonyl (C=O) groups is 1. The topological polar surface area (TPSA) is 46.3 Å². The zero-order valence-corrected chi connectivity index (χ0v) is 14.6. The number of halogens is 1. The van der Waals surface area contributed by atoms with E-state index < -0.39 is 6.04 Å². The highest BCUT2D eigenvalue weighted by Gasteiger charge is 2.18. The van der Waals surface area contributed by atoms with E-state index in [9.17, 15) is 4.79 Å². The zero-order valence-electron chi connectivity index (χ0n) is 13.0. The van der Waals surface area contributed by atoms with Gasteiger partial charge in [0.2, 0.25) is 5.91 Å². The number of carbonyl (C=O) groups excluding carboxylic acids is 1. The van der Waals surface area contributed by atoms with Crippen molar-refractivity contribution in [1.29, 1.82) is 0 Å². The molecule has 5 heteroatoms. The van der Waals surface area contributed by atoms with Gasteiger partial charge in [0, 0.05) is 13.6 Å². The summed E-state index contributed by atoms with van der Waals surface area (Å²) in [4.78, 5) is 14.0. The molecule has 0 aliphatic rings. The van der Waals surface area contributed by atoms with Crippen LogP contribution in [0, 0.1) is 0 Å². The standard InChI is InChI=1S/C17H22N2OS.ClH/c1-19(17(20)16(18)10-11-21-2)12-14-8-5-7-13-6-3-4-9-15(13)14;/h3-9,16H,10-12,18H2,1-2H3;1H. The zero-order chi connectivity index (χ0) is 15.2. The molecule has 2 N–H and O–H groups in total. The largest absolute Gasteiger partial charge is 0.340 e. The average Bonchev–Trinajstić information content (AvgIpc) is 2.52. The lowest BCUT2D eigenvalue weighted by Gasteiger charge is -2.22. The molecule has 3 nitrogen and oxygen atoms in total. The first-order valence-corrected chi connectivity index (χ1v) is 8.49. The van der Waals surface area contributed by atoms with Gasteiger partial charge in [-0.15, -0.1) is 12.4 Å². The summed E-state index contributed by atoms with van der Waals surface area (Å²) in [7, 11) is 1.82. The van der Waals surface area contributed by atoms with Gasteiger partial charge in [0.1, 0.15) is 0 Å². The van der Waals surface area contributed by atoms with Gasteiger partial charge < -0.3 is 10.6 Å². The number of nitrogens with zero attached hydrogens (tertiary/aromatic N) is 1. The van der Waals surface area contributed by atoms with Crippen LogP contribution < -0.4 is 5.73 Å². The Morgan fingerprint density at radius 1 is 1.23 bits per heavy atom. The van der Waals surface area contributed by atoms with Crippen LogP contribution in [-0.4, -0.2) is 35.9 Å². The summed E-state index contributed by atoms with van der Waals surface area (Å²) >= 11 is 1.71. The van der Waals surface area contributed by atoms with Gasteiger partial charge in [-0.1, -0.05) is 42.5 Å². The van der Waals surface area contributed by atoms with Crippen LogP contribution in [0.2, 0.25) is 0 Å². The minimum Gasteiger partial charge on any atom is -0.340 e. The first-order valence-electron chi connectivity index (χ1n) is 7.09. The molecule has 1 amide bonds. The lowest BCUT2D eigenvalue weighted by Crippen LogP contribution is -2.41. The Balaban J connectivity index is 0.00000242. The maximum atomic E-state index is 12.3. The minimum absolute atomic E-state index is 0. The van der Waals surface area contributed by atoms with Crippen molar-refractivity contribution in [3.05, 3.63) is 48.0 Å². The number of rotatable bonds is 6. The van der Waals surface area contributed by atoms with Crippen molar-refractivity contribution < 1.29 is 4.79 Å². The predicted molar refractivity (Wildman–Crippen MR) is 98.6 cm³/mol. The number of amides is 1. The molecule has 2 rings (SSSR count). The van der Waals surface area contributed by atoms with E-state index in [0.717, 1.165) is 17.7 Å². The molecule has 1 unspecified atom stereocenters. The third-order valence-corrected chi connectivity index (χ3v) is 4.26. The molecule has 0 saturated heterocycles. The number of thioether (sulfide) groups is 1. The maximum absolute atomic E-state index is 12.3. The van der Waals surface area contributed by atoms with E-state index in [1.165, 1.54) is 10.8 Å². The fraction of sp³-hybridized carbons (Fsp3) is 0.353. The van der Waals surface area contributed by atoms with Gasteiger partial charge in [-0.05, 0) is 34.8 Å². The van der Waals surface area contributed by atoms with Crippen molar-refractivity contribution in [3.63, 3.8) is 0 Å². The van der Waals surface area contributed by atoms with Crippen LogP contribution in [0.3, 0.4) is 0 Å². The van der Waals surface area contributed by atoms with E-state index in [4.69, 9.17) is 5.73 Å². The Morgan fingerprint density at radius 2 is 1.91 bits per heavy atom. The fourth-order valence-electron chi connectivity index (χ4n) is 2.42. The number of nitrogens with two attached hydrogens (primary N) is 1. The van der Waals surface area contributed by atoms with Crippen LogP contribution >= 0.6 is 24.2 Å². The molecule has 0 saturated carbocycles. The molecule has 0 heterocycles. The van der Waals surface area contributed by atoms with Crippen molar-refractivity contribution in [3.8, 4) is 0 Å². The smallest absolute Gasteiger partial charge is 0.239 e. The fourth-order valence-corrected chi connectivity index (χ4v) is 2.90. The van der Waals surface area contributed by atoms with Crippen molar-refractivity contribution in [2.75, 3.05) is 19.1 Å². The second kappa shape index (κ2) is 9.03. The van der Waals surface area contributed by atoms with Gasteiger partial charge in [0.15, 0.2) is 0 Å². The lowest BCUT2D eigenvalue weighted by atomic mass is 10.0. The Morgan fingerprint density at radius 3 is 2.64 bits per heavy atom. The Hall–Kier alpha value is -1.23. The SMILES string of the molecule is CSCCC(N)C(=O)N(C)Cc1cccc2ccccc12.Cl. The molecule has 0 aliphatic heterocycles. The maximum Gasteiger partial charge on any atom is 0.239 e. The van der Waals surface area contributed by atoms with E-state index in [-0.39, 0.29) is 18.3 Å². The normalized spacial score (nSPS) is 11.8. The first-order chi connectivity index (χ1) is 10.1. The van der Waals surface area contributed by atoms with Crippen LogP contribution in [0.5, 0.6) is 0 Å². The molecule has 0 fully saturated rings. The highest BCUT2D eigenvalue weighted by molar-refractivity contribution is 7.98. The van der Waals surface area contributed by atoms with Gasteiger partial charge in [-0.3, -0.25) is 4.79 Å². The van der Waals surface area contributed by atoms with E-state index in [1.54, 1.807) is 16.7 Å². The Labute approximate surface area is 142 Å². The van der Waals surface area contributed by atoms with Crippen molar-refractivity contribution in [2.45, 2.75) is 19.0 Å². The molecule has 120 valence electrons. The highest BCUT2D eigenvalue weighted by atomic mass is 35.5. The van der Waals surface area contributed by atoms with E-state index in [0.29, 0.717) is 6.54 Å². The second-order valence-corrected chi connectivity index (χ2v) is 6.21. The number of hydrogen-bond donors (Lipinski definition) is 1. The highest BCUT2D eigenvalue weighted by Crippen LogP contribution is 2.19. The molecule has 0 aromatic heterocycles. The summed E-state index contributed by atoms with van der Waals surface area (Å²) in [6, 6.07) is 14.0. The minimum atomic E-state index is -0.405. The first kappa shape index (κ1) is 18.8. The van der Waals surface area contributed by atoms with Crippen molar-refractivity contribution >= 4 is 40.8 Å². The van der Waals surface area contributed by atoms with Gasteiger partial charge in [-0.25, -0.2) is 0 Å². The van der Waals surface area contributed by atoms with Gasteiger partial charge >= 0.3 is 0 Å². The van der Waals surface area contributed by atoms with Crippen LogP contribution in [0.1, 0.15) is 12.0 Å². The summed E-state index contributed by atoms with van der Waals surface area (Å²) in [5, 5.41) is 2.39. The van der Waals surface area contributed by atoms with Crippen LogP contribution in [0.25, 0.3) is 10.8 Å². The number of benzene rings is 2. The molecule has 0 bridgehead atoms. The van der Waals surface area contributed by atoms with Gasteiger partial charge in [-0.2, -0.15) is 11.8 Å². The van der Waals surface area contributed by atoms with Crippen LogP contribution in [-0.2, 0) is 11.3 Å². The van der Waals surface area contributed by atoms with Crippen LogP contribution in [0.15, 0.2) is 42.5 Å². The molecule has 2 aromatic rings. The molecule has 22 heavy (non-hydrogen) atoms. The number of likely N-dealkylation sites (N-methyl/N-ethyl adjacent to an activating group) is 1. The van der Waals surface area contributed by atoms with Gasteiger partial charge in [0.05, 0.1) is 6.04 Å². The molecular formula is C17H23ClN2OS. The predicted octanol–water partition coefficient (Wildman–Crippen LogP) is 3.30. The third kappa shape index (κ3) is 4.63. The summed E-state index contributed by atoms with van der Waals surface area (Å²) in [5.74, 6) is 0.923. The average molecular weight is 339 g/mol. The number of fused-ring (bicyclic) bond motifs is 1. The Kier molecular flexibility index (Phi) is 7.73. The lowest BCUT2D eigenvalue weighted by molar-refractivity contribution is -0.131. The second-order valence-electron chi connectivity index (χ2n) is 5.22. The van der Waals surface area contributed by atoms with Crippen LogP contribution in [0.4, 0.5) is 0 Å². The van der Waals surface area contributed by atoms with Gasteiger partial charge in [0.25, 0.3) is 0 Å². The summed E-state index contributed by atoms with van der Waals surface area (Å²) in [6.07, 6.45) is 2.75. The van der Waals surface area contributed by atoms with E-state index in [1.807, 2.05) is 31.5 Å². The monoisotopic (exact) mass is 338 g/mol. The van der Waals surface area contributed by atoms with Crippen molar-refractivity contribution in [2.24, 2.45) is 5.73 Å². The van der Waals surface area contributed by atoms with E-state index >= 15 is 0 Å². The molecule has 1 atom stereocenters. The molecule has 0 spiro atoms. The molecule has 0 radical (unpaired) electrons. The van der Waals surface area contributed by atoms with Crippen molar-refractivity contribution in [1.82, 2.24) is 4.90 Å². The summed E-state index contributed by atoms with van der Waals surface area (Å²) < 4.78 is 0. The number of hydrogen-bond acceptors (Lipinski definition) is 3. The van der Waals surface area contributed by atoms with E-state index in [2.05, 4.69) is 24.3 Å². The molecule has 2 aromatic carbocycles. The summed E-state index contributed by atoms with van der Waals surface area (Å²) in [6.45, 7) is 0.590.